The van der Waals surface area contributed by atoms with E-state index in [1.807, 2.05) is 43.0 Å². The van der Waals surface area contributed by atoms with Gasteiger partial charge in [-0.3, -0.25) is 4.79 Å². The number of morpholine rings is 1. The van der Waals surface area contributed by atoms with E-state index >= 15 is 0 Å². The van der Waals surface area contributed by atoms with Crippen LogP contribution in [0.25, 0.3) is 0 Å². The maximum Gasteiger partial charge on any atom is 0.254 e. The summed E-state index contributed by atoms with van der Waals surface area (Å²) in [6.07, 6.45) is 4.26. The number of rotatable bonds is 5. The third-order valence-electron chi connectivity index (χ3n) is 6.10. The van der Waals surface area contributed by atoms with Gasteiger partial charge in [-0.25, -0.2) is 4.99 Å². The highest BCUT2D eigenvalue weighted by molar-refractivity contribution is 14.0. The predicted molar refractivity (Wildman–Crippen MR) is 132 cm³/mol. The Hall–Kier alpha value is -1.39. The Morgan fingerprint density at radius 2 is 1.84 bits per heavy atom. The molecule has 1 aromatic carbocycles. The van der Waals surface area contributed by atoms with Gasteiger partial charge in [0.2, 0.25) is 0 Å². The molecule has 7 nitrogen and oxygen atoms in total. The van der Waals surface area contributed by atoms with Crippen LogP contribution in [-0.2, 0) is 16.0 Å². The number of ether oxygens (including phenoxy) is 2. The molecular formula is C23H35IN4O3. The number of nitrogens with zero attached hydrogens (tertiary/aromatic N) is 2. The van der Waals surface area contributed by atoms with Crippen molar-refractivity contribution in [2.75, 3.05) is 19.6 Å². The molecule has 0 saturated carbocycles. The summed E-state index contributed by atoms with van der Waals surface area (Å²) < 4.78 is 11.7. The highest BCUT2D eigenvalue weighted by Gasteiger charge is 2.41. The first-order valence-electron chi connectivity index (χ1n) is 11.3. The zero-order valence-corrected chi connectivity index (χ0v) is 21.0. The SMILES string of the molecule is CCNC(=NCc1ccc(C(=O)N2CC(C)OC(C)C2)cc1)NC1CC2CCC1O2.I. The fraction of sp³-hybridized carbons (Fsp3) is 0.652. The topological polar surface area (TPSA) is 75.2 Å². The van der Waals surface area contributed by atoms with Crippen molar-refractivity contribution in [1.82, 2.24) is 15.5 Å². The highest BCUT2D eigenvalue weighted by atomic mass is 127. The number of carbonyl (C=O) groups is 1. The molecule has 0 spiro atoms. The molecule has 2 bridgehead atoms. The molecule has 5 unspecified atom stereocenters. The van der Waals surface area contributed by atoms with Gasteiger partial charge in [0.15, 0.2) is 5.96 Å². The molecule has 3 aliphatic heterocycles. The minimum absolute atomic E-state index is 0. The average Bonchev–Trinajstić information content (AvgIpc) is 3.34. The van der Waals surface area contributed by atoms with Gasteiger partial charge in [0.05, 0.1) is 37.0 Å². The van der Waals surface area contributed by atoms with E-state index in [1.54, 1.807) is 0 Å². The number of halogens is 1. The first kappa shape index (κ1) is 24.3. The molecule has 3 aliphatic rings. The maximum absolute atomic E-state index is 12.8. The molecule has 3 saturated heterocycles. The van der Waals surface area contributed by atoms with Gasteiger partial charge in [0, 0.05) is 25.2 Å². The summed E-state index contributed by atoms with van der Waals surface area (Å²) in [4.78, 5) is 19.4. The second-order valence-electron chi connectivity index (χ2n) is 8.72. The van der Waals surface area contributed by atoms with Crippen molar-refractivity contribution in [2.24, 2.45) is 4.99 Å². The number of aliphatic imine (C=N–C) groups is 1. The van der Waals surface area contributed by atoms with Gasteiger partial charge < -0.3 is 25.0 Å². The number of benzene rings is 1. The lowest BCUT2D eigenvalue weighted by Gasteiger charge is -2.35. The smallest absolute Gasteiger partial charge is 0.254 e. The van der Waals surface area contributed by atoms with E-state index in [0.29, 0.717) is 43.4 Å². The molecule has 31 heavy (non-hydrogen) atoms. The first-order chi connectivity index (χ1) is 14.5. The van der Waals surface area contributed by atoms with E-state index in [9.17, 15) is 4.79 Å². The molecule has 0 aromatic heterocycles. The quantitative estimate of drug-likeness (QED) is 0.340. The molecule has 0 aliphatic carbocycles. The van der Waals surface area contributed by atoms with E-state index < -0.39 is 0 Å². The van der Waals surface area contributed by atoms with Crippen LogP contribution in [0.15, 0.2) is 29.3 Å². The number of fused-ring (bicyclic) bond motifs is 2. The van der Waals surface area contributed by atoms with Crippen LogP contribution >= 0.6 is 24.0 Å². The summed E-state index contributed by atoms with van der Waals surface area (Å²) in [5, 5.41) is 6.87. The summed E-state index contributed by atoms with van der Waals surface area (Å²) in [7, 11) is 0. The molecule has 172 valence electrons. The average molecular weight is 542 g/mol. The van der Waals surface area contributed by atoms with E-state index in [4.69, 9.17) is 14.5 Å². The van der Waals surface area contributed by atoms with Crippen LogP contribution in [0, 0.1) is 0 Å². The minimum Gasteiger partial charge on any atom is -0.373 e. The molecule has 3 heterocycles. The van der Waals surface area contributed by atoms with E-state index in [-0.39, 0.29) is 42.1 Å². The standard InChI is InChI=1S/C23H34N4O3.HI/c1-4-24-23(26-20-11-19-9-10-21(20)30-19)25-12-17-5-7-18(8-6-17)22(28)27-13-15(2)29-16(3)14-27;/h5-8,15-16,19-21H,4,9-14H2,1-3H3,(H2,24,25,26);1H. The van der Waals surface area contributed by atoms with Crippen LogP contribution in [0.3, 0.4) is 0 Å². The van der Waals surface area contributed by atoms with Crippen LogP contribution < -0.4 is 10.6 Å². The van der Waals surface area contributed by atoms with Crippen LogP contribution in [0.1, 0.15) is 56.0 Å². The second-order valence-corrected chi connectivity index (χ2v) is 8.72. The van der Waals surface area contributed by atoms with Gasteiger partial charge in [-0.15, -0.1) is 24.0 Å². The first-order valence-corrected chi connectivity index (χ1v) is 11.3. The van der Waals surface area contributed by atoms with Crippen molar-refractivity contribution >= 4 is 35.8 Å². The lowest BCUT2D eigenvalue weighted by Crippen LogP contribution is -2.48. The molecule has 8 heteroatoms. The number of guanidine groups is 1. The minimum atomic E-state index is 0. The molecule has 4 rings (SSSR count). The van der Waals surface area contributed by atoms with Crippen molar-refractivity contribution < 1.29 is 14.3 Å². The van der Waals surface area contributed by atoms with Crippen molar-refractivity contribution in [3.8, 4) is 0 Å². The number of hydrogen-bond acceptors (Lipinski definition) is 4. The predicted octanol–water partition coefficient (Wildman–Crippen LogP) is 2.93. The van der Waals surface area contributed by atoms with Gasteiger partial charge in [-0.1, -0.05) is 12.1 Å². The van der Waals surface area contributed by atoms with E-state index in [1.165, 1.54) is 6.42 Å². The van der Waals surface area contributed by atoms with E-state index in [0.717, 1.165) is 30.9 Å². The third kappa shape index (κ3) is 6.10. The number of carbonyl (C=O) groups excluding carboxylic acids is 1. The molecule has 2 N–H and O–H groups in total. The van der Waals surface area contributed by atoms with Gasteiger partial charge in [-0.2, -0.15) is 0 Å². The van der Waals surface area contributed by atoms with Gasteiger partial charge >= 0.3 is 0 Å². The number of amides is 1. The molecule has 0 radical (unpaired) electrons. The zero-order chi connectivity index (χ0) is 21.1. The third-order valence-corrected chi connectivity index (χ3v) is 6.10. The van der Waals surface area contributed by atoms with Crippen molar-refractivity contribution in [1.29, 1.82) is 0 Å². The largest absolute Gasteiger partial charge is 0.373 e. The molecular weight excluding hydrogens is 507 g/mol. The lowest BCUT2D eigenvalue weighted by molar-refractivity contribution is -0.0586. The Labute approximate surface area is 202 Å². The van der Waals surface area contributed by atoms with Crippen LogP contribution in [-0.4, -0.2) is 66.9 Å². The van der Waals surface area contributed by atoms with Crippen LogP contribution in [0.5, 0.6) is 0 Å². The summed E-state index contributed by atoms with van der Waals surface area (Å²) in [6.45, 7) is 8.75. The Balaban J connectivity index is 0.00000272. The van der Waals surface area contributed by atoms with Crippen molar-refractivity contribution in [3.63, 3.8) is 0 Å². The summed E-state index contributed by atoms with van der Waals surface area (Å²) >= 11 is 0. The summed E-state index contributed by atoms with van der Waals surface area (Å²) in [6, 6.07) is 8.15. The summed E-state index contributed by atoms with van der Waals surface area (Å²) in [5.74, 6) is 0.897. The van der Waals surface area contributed by atoms with Crippen molar-refractivity contribution in [2.45, 2.75) is 77.0 Å². The molecule has 5 atom stereocenters. The van der Waals surface area contributed by atoms with Gasteiger partial charge in [0.1, 0.15) is 0 Å². The molecule has 1 aromatic rings. The molecule has 3 fully saturated rings. The number of hydrogen-bond donors (Lipinski definition) is 2. The highest BCUT2D eigenvalue weighted by Crippen LogP contribution is 2.34. The Morgan fingerprint density at radius 1 is 1.13 bits per heavy atom. The second kappa shape index (κ2) is 11.0. The normalized spacial score (nSPS) is 30.1. The van der Waals surface area contributed by atoms with Crippen LogP contribution in [0.4, 0.5) is 0 Å². The number of nitrogens with one attached hydrogen (secondary N) is 2. The van der Waals surface area contributed by atoms with Crippen LogP contribution in [0.2, 0.25) is 0 Å². The Morgan fingerprint density at radius 3 is 2.42 bits per heavy atom. The monoisotopic (exact) mass is 542 g/mol. The molecule has 1 amide bonds. The fourth-order valence-corrected chi connectivity index (χ4v) is 4.73. The Bertz CT molecular complexity index is 763. The lowest BCUT2D eigenvalue weighted by atomic mass is 9.96. The van der Waals surface area contributed by atoms with Gasteiger partial charge in [-0.05, 0) is 57.7 Å². The van der Waals surface area contributed by atoms with Crippen molar-refractivity contribution in [3.05, 3.63) is 35.4 Å². The zero-order valence-electron chi connectivity index (χ0n) is 18.7. The Kier molecular flexibility index (Phi) is 8.58. The van der Waals surface area contributed by atoms with E-state index in [2.05, 4.69) is 17.6 Å². The summed E-state index contributed by atoms with van der Waals surface area (Å²) in [5.41, 5.74) is 1.80. The fourth-order valence-electron chi connectivity index (χ4n) is 4.73. The maximum atomic E-state index is 12.8. The van der Waals surface area contributed by atoms with Gasteiger partial charge in [0.25, 0.3) is 5.91 Å².